The van der Waals surface area contributed by atoms with E-state index < -0.39 is 18.2 Å². The summed E-state index contributed by atoms with van der Waals surface area (Å²) in [6.45, 7) is 4.88. The van der Waals surface area contributed by atoms with Gasteiger partial charge in [0.2, 0.25) is 0 Å². The van der Waals surface area contributed by atoms with E-state index in [1.54, 1.807) is 0 Å². The first-order valence-corrected chi connectivity index (χ1v) is 7.40. The first kappa shape index (κ1) is 19.0. The van der Waals surface area contributed by atoms with Gasteiger partial charge >= 0.3 is 12.2 Å². The number of alkyl halides is 3. The molecule has 130 valence electrons. The van der Waals surface area contributed by atoms with Crippen molar-refractivity contribution in [3.8, 4) is 0 Å². The van der Waals surface area contributed by atoms with Crippen molar-refractivity contribution in [3.05, 3.63) is 0 Å². The molecule has 0 radical (unpaired) electrons. The van der Waals surface area contributed by atoms with E-state index in [2.05, 4.69) is 5.32 Å². The van der Waals surface area contributed by atoms with Crippen molar-refractivity contribution in [1.82, 2.24) is 15.1 Å². The highest BCUT2D eigenvalue weighted by molar-refractivity contribution is 5.74. The fourth-order valence-corrected chi connectivity index (χ4v) is 2.25. The van der Waals surface area contributed by atoms with Gasteiger partial charge in [0.1, 0.15) is 0 Å². The Bertz CT molecular complexity index is 378. The molecular weight excluding hydrogens is 299 g/mol. The molecule has 1 aliphatic heterocycles. The molecule has 0 aliphatic carbocycles. The number of carbonyl (C=O) groups excluding carboxylic acids is 1. The number of amides is 2. The summed E-state index contributed by atoms with van der Waals surface area (Å²) in [6, 6.07) is -0.269. The van der Waals surface area contributed by atoms with Gasteiger partial charge in [-0.1, -0.05) is 0 Å². The standard InChI is InChI=1S/C14H26F3N3O2/c1-13(2,19(3)4)9-18-12(22)20-7-5-10(6-8-20)11(21)14(15,16)17/h10-11,21H,5-9H2,1-4H3,(H,18,22)/t11-/m0/s1. The number of rotatable bonds is 4. The first-order chi connectivity index (χ1) is 9.95. The molecular formula is C14H26F3N3O2. The topological polar surface area (TPSA) is 55.8 Å². The molecule has 2 N–H and O–H groups in total. The maximum atomic E-state index is 12.5. The molecule has 0 spiro atoms. The Kier molecular flexibility index (Phi) is 6.09. The van der Waals surface area contributed by atoms with Crippen LogP contribution in [-0.2, 0) is 0 Å². The van der Waals surface area contributed by atoms with Crippen molar-refractivity contribution < 1.29 is 23.1 Å². The van der Waals surface area contributed by atoms with Crippen molar-refractivity contribution >= 4 is 6.03 Å². The van der Waals surface area contributed by atoms with Gasteiger partial charge in [-0.15, -0.1) is 0 Å². The zero-order chi connectivity index (χ0) is 17.1. The number of hydrogen-bond donors (Lipinski definition) is 2. The van der Waals surface area contributed by atoms with Crippen LogP contribution in [0.2, 0.25) is 0 Å². The average molecular weight is 325 g/mol. The maximum Gasteiger partial charge on any atom is 0.414 e. The third-order valence-corrected chi connectivity index (χ3v) is 4.49. The Labute approximate surface area is 129 Å². The molecule has 1 atom stereocenters. The average Bonchev–Trinajstić information content (AvgIpc) is 2.43. The number of carbonyl (C=O) groups is 1. The molecule has 1 fully saturated rings. The van der Waals surface area contributed by atoms with Crippen LogP contribution >= 0.6 is 0 Å². The summed E-state index contributed by atoms with van der Waals surface area (Å²) < 4.78 is 37.4. The summed E-state index contributed by atoms with van der Waals surface area (Å²) in [5.41, 5.74) is -0.208. The van der Waals surface area contributed by atoms with Crippen molar-refractivity contribution in [1.29, 1.82) is 0 Å². The third-order valence-electron chi connectivity index (χ3n) is 4.49. The van der Waals surface area contributed by atoms with Gasteiger partial charge in [-0.3, -0.25) is 0 Å². The van der Waals surface area contributed by atoms with Crippen molar-refractivity contribution in [3.63, 3.8) is 0 Å². The molecule has 1 aliphatic rings. The smallest absolute Gasteiger partial charge is 0.383 e. The molecule has 0 aromatic rings. The number of aliphatic hydroxyl groups excluding tert-OH is 1. The van der Waals surface area contributed by atoms with Crippen molar-refractivity contribution in [2.75, 3.05) is 33.7 Å². The van der Waals surface area contributed by atoms with Gasteiger partial charge in [-0.2, -0.15) is 13.2 Å². The lowest BCUT2D eigenvalue weighted by Gasteiger charge is -2.36. The van der Waals surface area contributed by atoms with Crippen LogP contribution in [0, 0.1) is 5.92 Å². The van der Waals surface area contributed by atoms with Gasteiger partial charge in [0, 0.05) is 25.2 Å². The van der Waals surface area contributed by atoms with Crippen LogP contribution in [0.5, 0.6) is 0 Å². The molecule has 8 heteroatoms. The Morgan fingerprint density at radius 3 is 2.23 bits per heavy atom. The SMILES string of the molecule is CN(C)C(C)(C)CNC(=O)N1CCC([C@H](O)C(F)(F)F)CC1. The Balaban J connectivity index is 2.43. The highest BCUT2D eigenvalue weighted by atomic mass is 19.4. The number of aliphatic hydroxyl groups is 1. The second-order valence-corrected chi connectivity index (χ2v) is 6.68. The van der Waals surface area contributed by atoms with Gasteiger partial charge in [0.15, 0.2) is 6.10 Å². The fraction of sp³-hybridized carbons (Fsp3) is 0.929. The van der Waals surface area contributed by atoms with Crippen LogP contribution in [-0.4, -0.2) is 72.5 Å². The number of nitrogens with one attached hydrogen (secondary N) is 1. The largest absolute Gasteiger partial charge is 0.414 e. The summed E-state index contributed by atoms with van der Waals surface area (Å²) in [4.78, 5) is 15.5. The van der Waals surface area contributed by atoms with Crippen LogP contribution in [0.4, 0.5) is 18.0 Å². The summed E-state index contributed by atoms with van der Waals surface area (Å²) in [7, 11) is 3.83. The number of nitrogens with zero attached hydrogens (tertiary/aromatic N) is 2. The minimum absolute atomic E-state index is 0.158. The molecule has 2 amide bonds. The minimum Gasteiger partial charge on any atom is -0.383 e. The predicted molar refractivity (Wildman–Crippen MR) is 77.5 cm³/mol. The molecule has 1 rings (SSSR count). The van der Waals surface area contributed by atoms with E-state index in [0.717, 1.165) is 0 Å². The monoisotopic (exact) mass is 325 g/mol. The molecule has 0 unspecified atom stereocenters. The zero-order valence-corrected chi connectivity index (χ0v) is 13.6. The van der Waals surface area contributed by atoms with E-state index in [-0.39, 0.29) is 37.5 Å². The fourth-order valence-electron chi connectivity index (χ4n) is 2.25. The first-order valence-electron chi connectivity index (χ1n) is 7.40. The number of piperidine rings is 1. The van der Waals surface area contributed by atoms with Gasteiger partial charge < -0.3 is 20.2 Å². The highest BCUT2D eigenvalue weighted by Crippen LogP contribution is 2.31. The quantitative estimate of drug-likeness (QED) is 0.827. The van der Waals surface area contributed by atoms with Crippen molar-refractivity contribution in [2.24, 2.45) is 5.92 Å². The van der Waals surface area contributed by atoms with Gasteiger partial charge in [0.05, 0.1) is 0 Å². The van der Waals surface area contributed by atoms with E-state index in [1.807, 2.05) is 32.8 Å². The molecule has 5 nitrogen and oxygen atoms in total. The summed E-state index contributed by atoms with van der Waals surface area (Å²) in [6.07, 6.45) is -6.58. The van der Waals surface area contributed by atoms with E-state index in [9.17, 15) is 23.1 Å². The molecule has 0 saturated carbocycles. The van der Waals surface area contributed by atoms with E-state index >= 15 is 0 Å². The molecule has 0 bridgehead atoms. The lowest BCUT2D eigenvalue weighted by molar-refractivity contribution is -0.222. The predicted octanol–water partition coefficient (Wildman–Crippen LogP) is 1.67. The zero-order valence-electron chi connectivity index (χ0n) is 13.6. The number of likely N-dealkylation sites (tertiary alicyclic amines) is 1. The highest BCUT2D eigenvalue weighted by Gasteiger charge is 2.44. The molecule has 0 aromatic carbocycles. The van der Waals surface area contributed by atoms with Crippen LogP contribution in [0.25, 0.3) is 0 Å². The summed E-state index contributed by atoms with van der Waals surface area (Å²) >= 11 is 0. The number of likely N-dealkylation sites (N-methyl/N-ethyl adjacent to an activating group) is 1. The molecule has 1 saturated heterocycles. The third kappa shape index (κ3) is 5.01. The second kappa shape index (κ2) is 7.04. The van der Waals surface area contributed by atoms with E-state index in [0.29, 0.717) is 6.54 Å². The van der Waals surface area contributed by atoms with Gasteiger partial charge in [0.25, 0.3) is 0 Å². The maximum absolute atomic E-state index is 12.5. The van der Waals surface area contributed by atoms with Gasteiger partial charge in [-0.25, -0.2) is 4.79 Å². The van der Waals surface area contributed by atoms with Crippen LogP contribution in [0.1, 0.15) is 26.7 Å². The van der Waals surface area contributed by atoms with Crippen LogP contribution in [0.3, 0.4) is 0 Å². The summed E-state index contributed by atoms with van der Waals surface area (Å²) in [5.74, 6) is -0.831. The summed E-state index contributed by atoms with van der Waals surface area (Å²) in [5, 5.41) is 12.1. The number of hydrogen-bond acceptors (Lipinski definition) is 3. The Morgan fingerprint density at radius 1 is 1.32 bits per heavy atom. The number of halogens is 3. The minimum atomic E-state index is -4.59. The molecule has 1 heterocycles. The Hall–Kier alpha value is -1.02. The van der Waals surface area contributed by atoms with Crippen molar-refractivity contribution in [2.45, 2.75) is 44.5 Å². The lowest BCUT2D eigenvalue weighted by Crippen LogP contribution is -2.53. The molecule has 0 aromatic heterocycles. The second-order valence-electron chi connectivity index (χ2n) is 6.68. The van der Waals surface area contributed by atoms with Crippen LogP contribution in [0.15, 0.2) is 0 Å². The van der Waals surface area contributed by atoms with E-state index in [4.69, 9.17) is 0 Å². The van der Waals surface area contributed by atoms with E-state index in [1.165, 1.54) is 4.90 Å². The van der Waals surface area contributed by atoms with Gasteiger partial charge in [-0.05, 0) is 46.7 Å². The lowest BCUT2D eigenvalue weighted by atomic mass is 9.91. The number of urea groups is 1. The Morgan fingerprint density at radius 2 is 1.82 bits per heavy atom. The van der Waals surface area contributed by atoms with Crippen LogP contribution < -0.4 is 5.32 Å². The molecule has 22 heavy (non-hydrogen) atoms. The normalized spacial score (nSPS) is 19.4.